The summed E-state index contributed by atoms with van der Waals surface area (Å²) in [6, 6.07) is 13.7. The highest BCUT2D eigenvalue weighted by Gasteiger charge is 2.44. The zero-order chi connectivity index (χ0) is 19.8. The lowest BCUT2D eigenvalue weighted by Gasteiger charge is -2.42. The molecule has 2 aliphatic rings. The van der Waals surface area contributed by atoms with Crippen molar-refractivity contribution in [1.82, 2.24) is 19.7 Å². The highest BCUT2D eigenvalue weighted by molar-refractivity contribution is 5.93. The topological polar surface area (TPSA) is 86.9 Å². The first-order chi connectivity index (χ1) is 14.2. The minimum absolute atomic E-state index is 0.0767. The summed E-state index contributed by atoms with van der Waals surface area (Å²) < 4.78 is 8.20. The first kappa shape index (κ1) is 17.7. The molecule has 1 amide bonds. The molecule has 0 saturated carbocycles. The lowest BCUT2D eigenvalue weighted by atomic mass is 9.83. The molecule has 1 aromatic carbocycles. The van der Waals surface area contributed by atoms with Gasteiger partial charge in [0.1, 0.15) is 17.4 Å². The van der Waals surface area contributed by atoms with Crippen LogP contribution in [0.25, 0.3) is 5.69 Å². The lowest BCUT2D eigenvalue weighted by molar-refractivity contribution is -0.0963. The predicted molar refractivity (Wildman–Crippen MR) is 106 cm³/mol. The van der Waals surface area contributed by atoms with E-state index in [0.717, 1.165) is 17.8 Å². The van der Waals surface area contributed by atoms with Gasteiger partial charge in [0, 0.05) is 25.5 Å². The van der Waals surface area contributed by atoms with Gasteiger partial charge >= 0.3 is 0 Å². The number of amides is 1. The smallest absolute Gasteiger partial charge is 0.270 e. The molecule has 0 radical (unpaired) electrons. The van der Waals surface area contributed by atoms with E-state index < -0.39 is 5.60 Å². The van der Waals surface area contributed by atoms with E-state index in [1.54, 1.807) is 12.3 Å². The van der Waals surface area contributed by atoms with Gasteiger partial charge in [-0.2, -0.15) is 10.4 Å². The van der Waals surface area contributed by atoms with E-state index in [9.17, 15) is 4.79 Å². The maximum atomic E-state index is 12.8. The van der Waals surface area contributed by atoms with E-state index in [-0.39, 0.29) is 5.91 Å². The summed E-state index contributed by atoms with van der Waals surface area (Å²) in [6.07, 6.45) is 5.94. The normalized spacial score (nSPS) is 17.7. The molecule has 1 saturated heterocycles. The van der Waals surface area contributed by atoms with Crippen LogP contribution in [0.4, 0.5) is 0 Å². The number of para-hydroxylation sites is 1. The van der Waals surface area contributed by atoms with Crippen LogP contribution in [-0.4, -0.2) is 45.3 Å². The Labute approximate surface area is 168 Å². The number of nitrogens with one attached hydrogen (secondary N) is 1. The number of benzene rings is 1. The lowest BCUT2D eigenvalue weighted by Crippen LogP contribution is -2.48. The molecule has 5 rings (SSSR count). The summed E-state index contributed by atoms with van der Waals surface area (Å²) in [7, 11) is 0. The van der Waals surface area contributed by atoms with Gasteiger partial charge in [0.25, 0.3) is 5.91 Å². The summed E-state index contributed by atoms with van der Waals surface area (Å²) >= 11 is 0. The van der Waals surface area contributed by atoms with Crippen molar-refractivity contribution in [2.45, 2.75) is 24.9 Å². The standard InChI is InChI=1S/C22H21N5O2/c23-13-16-12-19(24-14-16)21(28)26-9-7-22(8-10-26)20-17(6-11-29-22)15-27(25-20)18-4-2-1-3-5-18/h1-5,12,14-15,24H,6-11H2. The van der Waals surface area contributed by atoms with Crippen molar-refractivity contribution in [3.05, 3.63) is 71.3 Å². The third-order valence-corrected chi connectivity index (χ3v) is 5.89. The zero-order valence-corrected chi connectivity index (χ0v) is 16.0. The number of aromatic amines is 1. The predicted octanol–water partition coefficient (Wildman–Crippen LogP) is 2.78. The molecular weight excluding hydrogens is 366 g/mol. The third-order valence-electron chi connectivity index (χ3n) is 5.89. The van der Waals surface area contributed by atoms with Crippen molar-refractivity contribution >= 4 is 5.91 Å². The summed E-state index contributed by atoms with van der Waals surface area (Å²) in [5.41, 5.74) is 3.75. The van der Waals surface area contributed by atoms with Gasteiger partial charge in [-0.05, 0) is 43.0 Å². The Morgan fingerprint density at radius 3 is 2.76 bits per heavy atom. The number of rotatable bonds is 2. The number of aromatic nitrogens is 3. The van der Waals surface area contributed by atoms with Crippen molar-refractivity contribution in [3.63, 3.8) is 0 Å². The maximum absolute atomic E-state index is 12.8. The van der Waals surface area contributed by atoms with Gasteiger partial charge in [0.2, 0.25) is 0 Å². The van der Waals surface area contributed by atoms with E-state index in [1.165, 1.54) is 5.56 Å². The van der Waals surface area contributed by atoms with Crippen LogP contribution in [0, 0.1) is 11.3 Å². The number of H-pyrrole nitrogens is 1. The van der Waals surface area contributed by atoms with Crippen molar-refractivity contribution in [2.24, 2.45) is 0 Å². The molecule has 1 N–H and O–H groups in total. The molecule has 0 bridgehead atoms. The number of hydrogen-bond donors (Lipinski definition) is 1. The Balaban J connectivity index is 1.37. The van der Waals surface area contributed by atoms with Crippen LogP contribution in [0.5, 0.6) is 0 Å². The van der Waals surface area contributed by atoms with Gasteiger partial charge in [-0.25, -0.2) is 4.68 Å². The fraction of sp³-hybridized carbons (Fsp3) is 0.318. The van der Waals surface area contributed by atoms with Gasteiger partial charge in [0.15, 0.2) is 0 Å². The summed E-state index contributed by atoms with van der Waals surface area (Å²) in [4.78, 5) is 17.5. The highest BCUT2D eigenvalue weighted by Crippen LogP contribution is 2.41. The summed E-state index contributed by atoms with van der Waals surface area (Å²) in [6.45, 7) is 1.86. The number of fused-ring (bicyclic) bond motifs is 2. The van der Waals surface area contributed by atoms with Gasteiger partial charge < -0.3 is 14.6 Å². The van der Waals surface area contributed by atoms with Crippen molar-refractivity contribution in [1.29, 1.82) is 5.26 Å². The zero-order valence-electron chi connectivity index (χ0n) is 16.0. The summed E-state index contributed by atoms with van der Waals surface area (Å²) in [5.74, 6) is -0.0767. The Kier molecular flexibility index (Phi) is 4.22. The number of nitrogens with zero attached hydrogens (tertiary/aromatic N) is 4. The van der Waals surface area contributed by atoms with Gasteiger partial charge in [-0.1, -0.05) is 18.2 Å². The average molecular weight is 387 g/mol. The molecule has 146 valence electrons. The molecule has 3 aromatic rings. The minimum Gasteiger partial charge on any atom is -0.368 e. The maximum Gasteiger partial charge on any atom is 0.270 e. The highest BCUT2D eigenvalue weighted by atomic mass is 16.5. The van der Waals surface area contributed by atoms with Crippen molar-refractivity contribution < 1.29 is 9.53 Å². The largest absolute Gasteiger partial charge is 0.368 e. The monoisotopic (exact) mass is 387 g/mol. The summed E-state index contributed by atoms with van der Waals surface area (Å²) in [5, 5.41) is 13.9. The average Bonchev–Trinajstić information content (AvgIpc) is 3.43. The van der Waals surface area contributed by atoms with Crippen LogP contribution in [0.3, 0.4) is 0 Å². The van der Waals surface area contributed by atoms with E-state index in [2.05, 4.69) is 11.2 Å². The van der Waals surface area contributed by atoms with Crippen LogP contribution >= 0.6 is 0 Å². The molecule has 2 aromatic heterocycles. The second-order valence-electron chi connectivity index (χ2n) is 7.58. The van der Waals surface area contributed by atoms with E-state index in [0.29, 0.717) is 43.8 Å². The first-order valence-electron chi connectivity index (χ1n) is 9.85. The molecule has 1 spiro atoms. The van der Waals surface area contributed by atoms with E-state index in [4.69, 9.17) is 15.1 Å². The molecule has 2 aliphatic heterocycles. The Bertz CT molecular complexity index is 1080. The number of ether oxygens (including phenoxy) is 1. The minimum atomic E-state index is -0.433. The number of nitriles is 1. The number of piperidine rings is 1. The quantitative estimate of drug-likeness (QED) is 0.732. The molecular formula is C22H21N5O2. The Morgan fingerprint density at radius 1 is 1.24 bits per heavy atom. The van der Waals surface area contributed by atoms with Gasteiger partial charge in [0.05, 0.1) is 23.6 Å². The molecule has 0 atom stereocenters. The van der Waals surface area contributed by atoms with E-state index >= 15 is 0 Å². The number of carbonyl (C=O) groups is 1. The Morgan fingerprint density at radius 2 is 2.03 bits per heavy atom. The fourth-order valence-corrected chi connectivity index (χ4v) is 4.32. The Hall–Kier alpha value is -3.37. The third kappa shape index (κ3) is 3.02. The van der Waals surface area contributed by atoms with Gasteiger partial charge in [-0.15, -0.1) is 0 Å². The molecule has 4 heterocycles. The second kappa shape index (κ2) is 6.90. The SMILES string of the molecule is N#Cc1c[nH]c(C(=O)N2CCC3(CC2)OCCc2cn(-c4ccccc4)nc23)c1. The first-order valence-corrected chi connectivity index (χ1v) is 9.85. The number of likely N-dealkylation sites (tertiary alicyclic amines) is 1. The molecule has 29 heavy (non-hydrogen) atoms. The van der Waals surface area contributed by atoms with Crippen molar-refractivity contribution in [2.75, 3.05) is 19.7 Å². The van der Waals surface area contributed by atoms with E-state index in [1.807, 2.05) is 46.0 Å². The van der Waals surface area contributed by atoms with Crippen LogP contribution in [0.2, 0.25) is 0 Å². The van der Waals surface area contributed by atoms with Crippen LogP contribution < -0.4 is 0 Å². The molecule has 7 nitrogen and oxygen atoms in total. The van der Waals surface area contributed by atoms with Crippen LogP contribution in [0.15, 0.2) is 48.8 Å². The fourth-order valence-electron chi connectivity index (χ4n) is 4.32. The molecule has 7 heteroatoms. The second-order valence-corrected chi connectivity index (χ2v) is 7.58. The van der Waals surface area contributed by atoms with Gasteiger partial charge in [-0.3, -0.25) is 4.79 Å². The number of hydrogen-bond acceptors (Lipinski definition) is 4. The molecule has 0 aliphatic carbocycles. The van der Waals surface area contributed by atoms with Crippen LogP contribution in [-0.2, 0) is 16.8 Å². The van der Waals surface area contributed by atoms with Crippen molar-refractivity contribution in [3.8, 4) is 11.8 Å². The molecule has 1 fully saturated rings. The number of carbonyl (C=O) groups excluding carboxylic acids is 1. The van der Waals surface area contributed by atoms with Crippen LogP contribution in [0.1, 0.15) is 40.2 Å². The molecule has 0 unspecified atom stereocenters.